The Morgan fingerprint density at radius 2 is 1.82 bits per heavy atom. The van der Waals surface area contributed by atoms with Gasteiger partial charge in [0.2, 0.25) is 0 Å². The molecule has 0 spiro atoms. The van der Waals surface area contributed by atoms with Crippen LogP contribution in [0.4, 0.5) is 5.69 Å². The number of hydrogen-bond donors (Lipinski definition) is 0. The maximum atomic E-state index is 5.19. The van der Waals surface area contributed by atoms with E-state index in [2.05, 4.69) is 48.4 Å². The highest BCUT2D eigenvalue weighted by atomic mass is 16.5. The molecule has 1 heterocycles. The van der Waals surface area contributed by atoms with Gasteiger partial charge in [0.1, 0.15) is 5.75 Å². The molecule has 0 saturated carbocycles. The Kier molecular flexibility index (Phi) is 4.24. The average molecular weight is 292 g/mol. The molecule has 2 aromatic carbocycles. The second kappa shape index (κ2) is 6.48. The first-order valence-electron chi connectivity index (χ1n) is 7.45. The van der Waals surface area contributed by atoms with Gasteiger partial charge < -0.3 is 9.64 Å². The van der Waals surface area contributed by atoms with Crippen molar-refractivity contribution in [1.82, 2.24) is 0 Å². The molecule has 2 aromatic rings. The largest absolute Gasteiger partial charge is 0.497 e. The third kappa shape index (κ3) is 3.03. The minimum absolute atomic E-state index is 0.813. The molecule has 0 atom stereocenters. The molecule has 0 aliphatic carbocycles. The fraction of sp³-hybridized carbons (Fsp3) is 0.211. The van der Waals surface area contributed by atoms with Crippen LogP contribution >= 0.6 is 0 Å². The van der Waals surface area contributed by atoms with Crippen molar-refractivity contribution < 1.29 is 4.74 Å². The van der Waals surface area contributed by atoms with Gasteiger partial charge >= 0.3 is 0 Å². The Labute approximate surface area is 131 Å². The van der Waals surface area contributed by atoms with Crippen molar-refractivity contribution in [2.24, 2.45) is 4.99 Å². The summed E-state index contributed by atoms with van der Waals surface area (Å²) in [4.78, 5) is 6.98. The summed E-state index contributed by atoms with van der Waals surface area (Å²) < 4.78 is 5.19. The lowest BCUT2D eigenvalue weighted by Crippen LogP contribution is -2.20. The van der Waals surface area contributed by atoms with Crippen LogP contribution in [0.1, 0.15) is 11.1 Å². The SMILES string of the molecule is COc1ccc(C=CC2=NCCN(C)c3ccccc32)cc1. The molecule has 112 valence electrons. The van der Waals surface area contributed by atoms with Crippen molar-refractivity contribution in [1.29, 1.82) is 0 Å². The molecule has 0 aromatic heterocycles. The van der Waals surface area contributed by atoms with Gasteiger partial charge in [-0.15, -0.1) is 0 Å². The van der Waals surface area contributed by atoms with E-state index >= 15 is 0 Å². The first-order valence-corrected chi connectivity index (χ1v) is 7.45. The van der Waals surface area contributed by atoms with Crippen LogP contribution in [0.3, 0.4) is 0 Å². The van der Waals surface area contributed by atoms with Crippen LogP contribution in [0.25, 0.3) is 6.08 Å². The van der Waals surface area contributed by atoms with Gasteiger partial charge in [-0.2, -0.15) is 0 Å². The van der Waals surface area contributed by atoms with E-state index in [1.54, 1.807) is 7.11 Å². The van der Waals surface area contributed by atoms with Crippen LogP contribution in [0, 0.1) is 0 Å². The van der Waals surface area contributed by atoms with Crippen molar-refractivity contribution >= 4 is 17.5 Å². The number of allylic oxidation sites excluding steroid dienone is 1. The van der Waals surface area contributed by atoms with Crippen LogP contribution in [-0.4, -0.2) is 33.0 Å². The molecule has 0 N–H and O–H groups in total. The highest BCUT2D eigenvalue weighted by Crippen LogP contribution is 2.23. The maximum Gasteiger partial charge on any atom is 0.118 e. The van der Waals surface area contributed by atoms with Crippen molar-refractivity contribution in [3.8, 4) is 5.75 Å². The lowest BCUT2D eigenvalue weighted by molar-refractivity contribution is 0.415. The standard InChI is InChI=1S/C19H20N2O/c1-21-14-13-20-18(17-5-3-4-6-19(17)21)12-9-15-7-10-16(22-2)11-8-15/h3-12H,13-14H2,1-2H3. The molecule has 1 aliphatic heterocycles. The molecule has 0 saturated heterocycles. The first-order chi connectivity index (χ1) is 10.8. The molecule has 3 rings (SSSR count). The van der Waals surface area contributed by atoms with Gasteiger partial charge in [-0.1, -0.05) is 36.4 Å². The van der Waals surface area contributed by atoms with E-state index in [1.165, 1.54) is 11.3 Å². The monoisotopic (exact) mass is 292 g/mol. The fourth-order valence-corrected chi connectivity index (χ4v) is 2.58. The highest BCUT2D eigenvalue weighted by Gasteiger charge is 2.13. The second-order valence-corrected chi connectivity index (χ2v) is 5.31. The van der Waals surface area contributed by atoms with E-state index < -0.39 is 0 Å². The minimum Gasteiger partial charge on any atom is -0.497 e. The van der Waals surface area contributed by atoms with Gasteiger partial charge in [-0.25, -0.2) is 0 Å². The Hall–Kier alpha value is -2.55. The number of likely N-dealkylation sites (N-methyl/N-ethyl adjacent to an activating group) is 1. The Bertz CT molecular complexity index is 702. The molecule has 0 fully saturated rings. The Morgan fingerprint density at radius 3 is 2.59 bits per heavy atom. The number of hydrogen-bond acceptors (Lipinski definition) is 3. The molecule has 22 heavy (non-hydrogen) atoms. The summed E-state index contributed by atoms with van der Waals surface area (Å²) in [5.74, 6) is 0.871. The van der Waals surface area contributed by atoms with Crippen molar-refractivity contribution in [3.63, 3.8) is 0 Å². The summed E-state index contributed by atoms with van der Waals surface area (Å²) in [7, 11) is 3.79. The van der Waals surface area contributed by atoms with E-state index in [0.29, 0.717) is 0 Å². The van der Waals surface area contributed by atoms with Gasteiger partial charge in [0.25, 0.3) is 0 Å². The van der Waals surface area contributed by atoms with Gasteiger partial charge in [0, 0.05) is 24.8 Å². The van der Waals surface area contributed by atoms with Gasteiger partial charge in [-0.05, 0) is 29.8 Å². The van der Waals surface area contributed by atoms with Gasteiger partial charge in [-0.3, -0.25) is 4.99 Å². The lowest BCUT2D eigenvalue weighted by atomic mass is 10.1. The highest BCUT2D eigenvalue weighted by molar-refractivity contribution is 6.14. The first kappa shape index (κ1) is 14.4. The summed E-state index contributed by atoms with van der Waals surface area (Å²) in [6, 6.07) is 16.5. The predicted octanol–water partition coefficient (Wildman–Crippen LogP) is 3.65. The molecule has 0 radical (unpaired) electrons. The zero-order valence-electron chi connectivity index (χ0n) is 13.0. The number of nitrogens with zero attached hydrogens (tertiary/aromatic N) is 2. The number of para-hydroxylation sites is 1. The third-order valence-electron chi connectivity index (χ3n) is 3.86. The number of methoxy groups -OCH3 is 1. The Balaban J connectivity index is 1.89. The number of aliphatic imine (C=N–C) groups is 1. The number of benzodiazepines with no additional fused rings is 1. The van der Waals surface area contributed by atoms with Crippen molar-refractivity contribution in [2.45, 2.75) is 0 Å². The predicted molar refractivity (Wildman–Crippen MR) is 93.1 cm³/mol. The third-order valence-corrected chi connectivity index (χ3v) is 3.86. The van der Waals surface area contributed by atoms with Crippen LogP contribution < -0.4 is 9.64 Å². The summed E-state index contributed by atoms with van der Waals surface area (Å²) in [5, 5.41) is 0. The van der Waals surface area contributed by atoms with E-state index in [9.17, 15) is 0 Å². The Morgan fingerprint density at radius 1 is 1.05 bits per heavy atom. The van der Waals surface area contributed by atoms with E-state index in [1.807, 2.05) is 24.3 Å². The fourth-order valence-electron chi connectivity index (χ4n) is 2.58. The van der Waals surface area contributed by atoms with E-state index in [-0.39, 0.29) is 0 Å². The molecule has 0 bridgehead atoms. The number of benzene rings is 2. The number of fused-ring (bicyclic) bond motifs is 1. The van der Waals surface area contributed by atoms with Crippen molar-refractivity contribution in [3.05, 3.63) is 65.7 Å². The molecule has 3 heteroatoms. The zero-order chi connectivity index (χ0) is 15.4. The average Bonchev–Trinajstić information content (AvgIpc) is 2.73. The van der Waals surface area contributed by atoms with Crippen LogP contribution in [0.5, 0.6) is 5.75 Å². The molecule has 3 nitrogen and oxygen atoms in total. The maximum absolute atomic E-state index is 5.19. The zero-order valence-corrected chi connectivity index (χ0v) is 13.0. The van der Waals surface area contributed by atoms with Crippen LogP contribution in [0.2, 0.25) is 0 Å². The topological polar surface area (TPSA) is 24.8 Å². The molecule has 0 amide bonds. The smallest absolute Gasteiger partial charge is 0.118 e. The van der Waals surface area contributed by atoms with Gasteiger partial charge in [0.15, 0.2) is 0 Å². The normalized spacial score (nSPS) is 14.5. The minimum atomic E-state index is 0.813. The second-order valence-electron chi connectivity index (χ2n) is 5.31. The van der Waals surface area contributed by atoms with Crippen LogP contribution in [0.15, 0.2) is 59.6 Å². The molecular formula is C19H20N2O. The summed E-state index contributed by atoms with van der Waals surface area (Å²) in [5.41, 5.74) is 4.60. The molecule has 0 unspecified atom stereocenters. The molecular weight excluding hydrogens is 272 g/mol. The quantitative estimate of drug-likeness (QED) is 0.862. The van der Waals surface area contributed by atoms with Crippen molar-refractivity contribution in [2.75, 3.05) is 32.1 Å². The summed E-state index contributed by atoms with van der Waals surface area (Å²) in [6.45, 7) is 1.75. The van der Waals surface area contributed by atoms with Crippen LogP contribution in [-0.2, 0) is 0 Å². The summed E-state index contributed by atoms with van der Waals surface area (Å²) >= 11 is 0. The number of rotatable bonds is 3. The number of ether oxygens (including phenoxy) is 1. The summed E-state index contributed by atoms with van der Waals surface area (Å²) in [6.07, 6.45) is 4.19. The van der Waals surface area contributed by atoms with Gasteiger partial charge in [0.05, 0.1) is 19.4 Å². The number of anilines is 1. The lowest BCUT2D eigenvalue weighted by Gasteiger charge is -2.18. The van der Waals surface area contributed by atoms with E-state index in [4.69, 9.17) is 9.73 Å². The van der Waals surface area contributed by atoms with E-state index in [0.717, 1.165) is 30.1 Å². The molecule has 1 aliphatic rings.